The lowest BCUT2D eigenvalue weighted by molar-refractivity contribution is -0.614. The van der Waals surface area contributed by atoms with Crippen LogP contribution in [0, 0.1) is 18.0 Å². The summed E-state index contributed by atoms with van der Waals surface area (Å²) in [6.45, 7) is 3.46. The molecule has 1 aliphatic rings. The molecule has 2 N–H and O–H groups in total. The van der Waals surface area contributed by atoms with Crippen molar-refractivity contribution in [2.75, 3.05) is 13.2 Å². The third-order valence-electron chi connectivity index (χ3n) is 6.78. The van der Waals surface area contributed by atoms with Gasteiger partial charge in [-0.15, -0.1) is 0 Å². The molecule has 1 aromatic heterocycles. The average Bonchev–Trinajstić information content (AvgIpc) is 3.35. The summed E-state index contributed by atoms with van der Waals surface area (Å²) in [6.07, 6.45) is 5.02. The molecule has 1 fully saturated rings. The number of ketones is 1. The van der Waals surface area contributed by atoms with Crippen molar-refractivity contribution in [3.8, 4) is 0 Å². The Labute approximate surface area is 206 Å². The van der Waals surface area contributed by atoms with Crippen LogP contribution in [0.3, 0.4) is 0 Å². The molecule has 2 aromatic rings. The maximum Gasteiger partial charge on any atom is 0.293 e. The van der Waals surface area contributed by atoms with E-state index in [1.807, 2.05) is 19.1 Å². The second-order valence-corrected chi connectivity index (χ2v) is 9.14. The first-order valence-electron chi connectivity index (χ1n) is 12.3. The molecule has 0 saturated carbocycles. The highest BCUT2D eigenvalue weighted by Gasteiger charge is 2.36. The van der Waals surface area contributed by atoms with Crippen molar-refractivity contribution in [3.05, 3.63) is 70.2 Å². The number of ether oxygens (including phenoxy) is 1. The van der Waals surface area contributed by atoms with Crippen LogP contribution in [-0.2, 0) is 38.5 Å². The fourth-order valence-corrected chi connectivity index (χ4v) is 4.84. The summed E-state index contributed by atoms with van der Waals surface area (Å²) in [5.41, 5.74) is 9.68. The van der Waals surface area contributed by atoms with Crippen LogP contribution in [0.1, 0.15) is 54.5 Å². The van der Waals surface area contributed by atoms with Gasteiger partial charge < -0.3 is 20.6 Å². The number of nitrogens with zero attached hydrogens (tertiary/aromatic N) is 2. The summed E-state index contributed by atoms with van der Waals surface area (Å²) in [6, 6.07) is 10.8. The number of hydrogen-bond donors (Lipinski definition) is 1. The van der Waals surface area contributed by atoms with Crippen LogP contribution < -0.4 is 10.5 Å². The Kier molecular flexibility index (Phi) is 9.78. The number of aryl methyl sites for hydroxylation is 3. The Morgan fingerprint density at radius 3 is 2.80 bits per heavy atom. The first-order valence-corrected chi connectivity index (χ1v) is 12.3. The fraction of sp³-hybridized carbons (Fsp3) is 0.481. The average molecular weight is 482 g/mol. The molecule has 0 spiro atoms. The van der Waals surface area contributed by atoms with Gasteiger partial charge in [-0.2, -0.15) is 4.73 Å². The summed E-state index contributed by atoms with van der Waals surface area (Å²) >= 11 is 0. The number of nitrogens with two attached hydrogens (primary N) is 1. The van der Waals surface area contributed by atoms with Crippen molar-refractivity contribution in [2.24, 2.45) is 11.7 Å². The Morgan fingerprint density at radius 1 is 1.23 bits per heavy atom. The molecular weight excluding hydrogens is 446 g/mol. The molecule has 8 nitrogen and oxygen atoms in total. The van der Waals surface area contributed by atoms with Crippen molar-refractivity contribution in [1.82, 2.24) is 4.90 Å². The van der Waals surface area contributed by atoms with Gasteiger partial charge in [0.2, 0.25) is 5.91 Å². The molecule has 2 atom stereocenters. The first-order chi connectivity index (χ1) is 16.9. The van der Waals surface area contributed by atoms with Gasteiger partial charge in [-0.1, -0.05) is 29.8 Å². The van der Waals surface area contributed by atoms with Crippen LogP contribution in [0.5, 0.6) is 0 Å². The molecule has 1 saturated heterocycles. The number of likely N-dealkylation sites (tertiary alicyclic amines) is 1. The maximum atomic E-state index is 13.5. The second-order valence-electron chi connectivity index (χ2n) is 9.14. The summed E-state index contributed by atoms with van der Waals surface area (Å²) in [5, 5.41) is 12.0. The van der Waals surface area contributed by atoms with Crippen LogP contribution in [0.4, 0.5) is 0 Å². The summed E-state index contributed by atoms with van der Waals surface area (Å²) in [5.74, 6) is -0.491. The molecule has 2 heterocycles. The van der Waals surface area contributed by atoms with Crippen LogP contribution in [0.2, 0.25) is 0 Å². The largest absolute Gasteiger partial charge is 0.619 e. The Balaban J connectivity index is 1.66. The zero-order chi connectivity index (χ0) is 25.2. The molecule has 188 valence electrons. The van der Waals surface area contributed by atoms with Crippen LogP contribution in [-0.4, -0.2) is 42.3 Å². The lowest BCUT2D eigenvalue weighted by Gasteiger charge is -2.28. The molecule has 3 rings (SSSR count). The standard InChI is InChI=1S/C27H35N3O5/c1-20-7-8-23(18-28)22(17-20)10-12-26(32)25-6-4-14-29(25)27(33)21(13-16-35-19-31)9-11-24-5-2-3-15-30(24)34/h2-3,5,7-8,15,17,19,21,25H,4,6,9-14,16,18,28H2,1H3/t21-,25-/m0/s1. The number of rotatable bonds is 13. The number of aromatic nitrogens is 1. The molecule has 0 aliphatic carbocycles. The van der Waals surface area contributed by atoms with E-state index < -0.39 is 12.0 Å². The van der Waals surface area contributed by atoms with E-state index >= 15 is 0 Å². The van der Waals surface area contributed by atoms with E-state index in [9.17, 15) is 19.6 Å². The molecular formula is C27H35N3O5. The second kappa shape index (κ2) is 13.0. The van der Waals surface area contributed by atoms with Crippen molar-refractivity contribution in [1.29, 1.82) is 0 Å². The van der Waals surface area contributed by atoms with Crippen molar-refractivity contribution in [2.45, 2.75) is 64.5 Å². The van der Waals surface area contributed by atoms with E-state index in [0.29, 0.717) is 63.8 Å². The SMILES string of the molecule is Cc1ccc(CN)c(CCC(=O)[C@@H]2CCCN2C(=O)[C@H](CCOC=O)CCc2cccc[n+]2[O-])c1. The minimum absolute atomic E-state index is 0.0590. The highest BCUT2D eigenvalue weighted by atomic mass is 16.5. The van der Waals surface area contributed by atoms with Crippen molar-refractivity contribution < 1.29 is 23.9 Å². The Hall–Kier alpha value is -3.26. The normalized spacial score (nSPS) is 16.2. The number of hydrogen-bond acceptors (Lipinski definition) is 6. The summed E-state index contributed by atoms with van der Waals surface area (Å²) in [7, 11) is 0. The third-order valence-corrected chi connectivity index (χ3v) is 6.78. The lowest BCUT2D eigenvalue weighted by atomic mass is 9.94. The monoisotopic (exact) mass is 481 g/mol. The van der Waals surface area contributed by atoms with E-state index in [2.05, 4.69) is 6.07 Å². The zero-order valence-electron chi connectivity index (χ0n) is 20.4. The molecule has 0 unspecified atom stereocenters. The van der Waals surface area contributed by atoms with E-state index in [-0.39, 0.29) is 18.3 Å². The summed E-state index contributed by atoms with van der Waals surface area (Å²) < 4.78 is 5.65. The molecule has 35 heavy (non-hydrogen) atoms. The van der Waals surface area contributed by atoms with Gasteiger partial charge in [-0.25, -0.2) is 0 Å². The van der Waals surface area contributed by atoms with E-state index in [1.54, 1.807) is 23.1 Å². The third kappa shape index (κ3) is 7.11. The van der Waals surface area contributed by atoms with Gasteiger partial charge in [0.05, 0.1) is 12.6 Å². The van der Waals surface area contributed by atoms with Crippen molar-refractivity contribution in [3.63, 3.8) is 0 Å². The topological polar surface area (TPSA) is 117 Å². The lowest BCUT2D eigenvalue weighted by Crippen LogP contribution is -2.44. The van der Waals surface area contributed by atoms with Gasteiger partial charge >= 0.3 is 0 Å². The van der Waals surface area contributed by atoms with Crippen LogP contribution in [0.25, 0.3) is 0 Å². The number of amides is 1. The van der Waals surface area contributed by atoms with Gasteiger partial charge in [0.1, 0.15) is 0 Å². The summed E-state index contributed by atoms with van der Waals surface area (Å²) in [4.78, 5) is 39.0. The first kappa shape index (κ1) is 26.3. The zero-order valence-corrected chi connectivity index (χ0v) is 20.4. The van der Waals surface area contributed by atoms with E-state index in [4.69, 9.17) is 10.5 Å². The van der Waals surface area contributed by atoms with E-state index in [1.165, 1.54) is 6.20 Å². The predicted molar refractivity (Wildman–Crippen MR) is 131 cm³/mol. The highest BCUT2D eigenvalue weighted by Crippen LogP contribution is 2.26. The number of Topliss-reactive ketones (excluding diaryl/α,β-unsaturated/α-hetero) is 1. The highest BCUT2D eigenvalue weighted by molar-refractivity contribution is 5.90. The molecule has 0 radical (unpaired) electrons. The number of carbonyl (C=O) groups excluding carboxylic acids is 3. The fourth-order valence-electron chi connectivity index (χ4n) is 4.84. The minimum atomic E-state index is -0.441. The quantitative estimate of drug-likeness (QED) is 0.203. The van der Waals surface area contributed by atoms with Gasteiger partial charge in [0.15, 0.2) is 17.7 Å². The van der Waals surface area contributed by atoms with Gasteiger partial charge in [0.25, 0.3) is 6.47 Å². The van der Waals surface area contributed by atoms with Gasteiger partial charge in [0, 0.05) is 44.0 Å². The molecule has 8 heteroatoms. The molecule has 0 bridgehead atoms. The predicted octanol–water partition coefficient (Wildman–Crippen LogP) is 2.39. The van der Waals surface area contributed by atoms with Gasteiger partial charge in [-0.3, -0.25) is 14.4 Å². The van der Waals surface area contributed by atoms with Crippen LogP contribution >= 0.6 is 0 Å². The van der Waals surface area contributed by atoms with Crippen molar-refractivity contribution >= 4 is 18.2 Å². The van der Waals surface area contributed by atoms with Crippen LogP contribution in [0.15, 0.2) is 42.6 Å². The number of benzene rings is 1. The molecule has 1 aromatic carbocycles. The minimum Gasteiger partial charge on any atom is -0.619 e. The molecule has 1 aliphatic heterocycles. The smallest absolute Gasteiger partial charge is 0.293 e. The Bertz CT molecular complexity index is 1030. The maximum absolute atomic E-state index is 13.5. The van der Waals surface area contributed by atoms with E-state index in [0.717, 1.165) is 27.8 Å². The Morgan fingerprint density at radius 2 is 2.06 bits per heavy atom. The van der Waals surface area contributed by atoms with Gasteiger partial charge in [-0.05, 0) is 50.2 Å². The number of pyridine rings is 1. The number of carbonyl (C=O) groups is 3. The molecule has 1 amide bonds.